The minimum Gasteiger partial charge on any atom is -0.493 e. The van der Waals surface area contributed by atoms with Crippen molar-refractivity contribution in [2.45, 2.75) is 13.8 Å². The zero-order valence-electron chi connectivity index (χ0n) is 13.0. The van der Waals surface area contributed by atoms with Crippen molar-refractivity contribution < 1.29 is 4.74 Å². The number of thiocarbonyl (C=S) groups is 1. The molecule has 0 spiro atoms. The fourth-order valence-electron chi connectivity index (χ4n) is 1.93. The Balaban J connectivity index is 1.98. The third kappa shape index (κ3) is 4.94. The van der Waals surface area contributed by atoms with Crippen LogP contribution < -0.4 is 15.5 Å². The Labute approximate surface area is 146 Å². The Morgan fingerprint density at radius 3 is 2.83 bits per heavy atom. The van der Waals surface area contributed by atoms with E-state index in [1.807, 2.05) is 56.3 Å². The second kappa shape index (κ2) is 8.50. The monoisotopic (exact) mass is 347 g/mol. The molecule has 2 rings (SSSR count). The lowest BCUT2D eigenvalue weighted by Gasteiger charge is -2.11. The lowest BCUT2D eigenvalue weighted by Crippen LogP contribution is -2.24. The Morgan fingerprint density at radius 1 is 1.26 bits per heavy atom. The number of para-hydroxylation sites is 1. The molecule has 6 heteroatoms. The summed E-state index contributed by atoms with van der Waals surface area (Å²) in [6.45, 7) is 4.47. The number of nitrogens with one attached hydrogen (secondary N) is 2. The first-order valence-electron chi connectivity index (χ1n) is 7.18. The summed E-state index contributed by atoms with van der Waals surface area (Å²) in [6, 6.07) is 13.3. The molecule has 0 aromatic heterocycles. The van der Waals surface area contributed by atoms with E-state index in [0.717, 1.165) is 22.6 Å². The van der Waals surface area contributed by atoms with Gasteiger partial charge < -0.3 is 10.1 Å². The van der Waals surface area contributed by atoms with Gasteiger partial charge >= 0.3 is 0 Å². The maximum Gasteiger partial charge on any atom is 0.191 e. The van der Waals surface area contributed by atoms with Gasteiger partial charge in [-0.25, -0.2) is 0 Å². The molecule has 0 aliphatic rings. The van der Waals surface area contributed by atoms with Crippen molar-refractivity contribution in [1.29, 1.82) is 0 Å². The van der Waals surface area contributed by atoms with E-state index < -0.39 is 0 Å². The fraction of sp³-hybridized carbons (Fsp3) is 0.176. The van der Waals surface area contributed by atoms with Crippen LogP contribution in [-0.2, 0) is 0 Å². The maximum atomic E-state index is 6.08. The predicted octanol–water partition coefficient (Wildman–Crippen LogP) is 4.37. The minimum absolute atomic E-state index is 0.389. The van der Waals surface area contributed by atoms with E-state index in [1.165, 1.54) is 0 Å². The van der Waals surface area contributed by atoms with Gasteiger partial charge in [-0.3, -0.25) is 5.43 Å². The molecule has 23 heavy (non-hydrogen) atoms. The van der Waals surface area contributed by atoms with Gasteiger partial charge in [0.2, 0.25) is 0 Å². The minimum atomic E-state index is 0.389. The van der Waals surface area contributed by atoms with Crippen LogP contribution in [0.25, 0.3) is 0 Å². The van der Waals surface area contributed by atoms with E-state index in [0.29, 0.717) is 16.7 Å². The van der Waals surface area contributed by atoms with Crippen molar-refractivity contribution in [3.63, 3.8) is 0 Å². The van der Waals surface area contributed by atoms with Crippen LogP contribution in [-0.4, -0.2) is 17.9 Å². The number of ether oxygens (including phenoxy) is 1. The number of hydrogen-bond acceptors (Lipinski definition) is 3. The van der Waals surface area contributed by atoms with Crippen molar-refractivity contribution in [2.24, 2.45) is 5.10 Å². The van der Waals surface area contributed by atoms with E-state index in [1.54, 1.807) is 6.21 Å². The van der Waals surface area contributed by atoms with Crippen LogP contribution in [0.3, 0.4) is 0 Å². The number of anilines is 1. The summed E-state index contributed by atoms with van der Waals surface area (Å²) in [4.78, 5) is 0. The van der Waals surface area contributed by atoms with Gasteiger partial charge in [0.25, 0.3) is 0 Å². The molecule has 0 unspecified atom stereocenters. The first kappa shape index (κ1) is 17.2. The average Bonchev–Trinajstić information content (AvgIpc) is 2.54. The van der Waals surface area contributed by atoms with E-state index in [-0.39, 0.29) is 0 Å². The highest BCUT2D eigenvalue weighted by Gasteiger charge is 2.03. The van der Waals surface area contributed by atoms with Crippen LogP contribution in [0, 0.1) is 6.92 Å². The first-order chi connectivity index (χ1) is 11.1. The molecule has 0 saturated carbocycles. The lowest BCUT2D eigenvalue weighted by molar-refractivity contribution is 0.340. The summed E-state index contributed by atoms with van der Waals surface area (Å²) < 4.78 is 5.54. The van der Waals surface area contributed by atoms with Crippen LogP contribution in [0.1, 0.15) is 18.1 Å². The molecule has 120 valence electrons. The second-order valence-electron chi connectivity index (χ2n) is 4.71. The molecule has 2 N–H and O–H groups in total. The van der Waals surface area contributed by atoms with Crippen molar-refractivity contribution >= 4 is 40.8 Å². The first-order valence-corrected chi connectivity index (χ1v) is 7.97. The van der Waals surface area contributed by atoms with E-state index in [4.69, 9.17) is 28.6 Å². The molecule has 2 aromatic rings. The van der Waals surface area contributed by atoms with Gasteiger partial charge in [0.1, 0.15) is 5.75 Å². The molecule has 0 aliphatic heterocycles. The highest BCUT2D eigenvalue weighted by atomic mass is 35.5. The third-order valence-electron chi connectivity index (χ3n) is 3.10. The number of hydrogen-bond donors (Lipinski definition) is 2. The van der Waals surface area contributed by atoms with E-state index in [2.05, 4.69) is 15.8 Å². The summed E-state index contributed by atoms with van der Waals surface area (Å²) in [6.07, 6.45) is 1.67. The number of hydrazone groups is 1. The van der Waals surface area contributed by atoms with Crippen LogP contribution in [0.4, 0.5) is 5.69 Å². The highest BCUT2D eigenvalue weighted by molar-refractivity contribution is 7.80. The van der Waals surface area contributed by atoms with E-state index >= 15 is 0 Å². The van der Waals surface area contributed by atoms with Crippen molar-refractivity contribution in [1.82, 2.24) is 5.43 Å². The fourth-order valence-corrected chi connectivity index (χ4v) is 2.26. The van der Waals surface area contributed by atoms with Crippen molar-refractivity contribution in [2.75, 3.05) is 11.9 Å². The van der Waals surface area contributed by atoms with Gasteiger partial charge in [-0.2, -0.15) is 5.10 Å². The standard InChI is InChI=1S/C17H18ClN3OS/c1-3-22-16-10-5-4-7-13(16)11-19-21-17(23)20-15-9-6-8-14(18)12(15)2/h4-11H,3H2,1-2H3,(H2,20,21,23)/b19-11-. The quantitative estimate of drug-likeness (QED) is 0.479. The Kier molecular flexibility index (Phi) is 6.38. The number of nitrogens with zero attached hydrogens (tertiary/aromatic N) is 1. The van der Waals surface area contributed by atoms with Gasteiger partial charge in [-0.1, -0.05) is 29.8 Å². The summed E-state index contributed by atoms with van der Waals surface area (Å²) >= 11 is 11.3. The van der Waals surface area contributed by atoms with Crippen LogP contribution >= 0.6 is 23.8 Å². The zero-order chi connectivity index (χ0) is 16.7. The van der Waals surface area contributed by atoms with Gasteiger partial charge in [-0.05, 0) is 55.9 Å². The summed E-state index contributed by atoms with van der Waals surface area (Å²) in [5.41, 5.74) is 5.45. The molecule has 0 radical (unpaired) electrons. The molecule has 0 heterocycles. The molecule has 2 aromatic carbocycles. The zero-order valence-corrected chi connectivity index (χ0v) is 14.5. The van der Waals surface area contributed by atoms with Gasteiger partial charge in [-0.15, -0.1) is 0 Å². The average molecular weight is 348 g/mol. The molecule has 0 atom stereocenters. The van der Waals surface area contributed by atoms with E-state index in [9.17, 15) is 0 Å². The number of benzene rings is 2. The molecule has 0 amide bonds. The topological polar surface area (TPSA) is 45.6 Å². The number of halogens is 1. The van der Waals surface area contributed by atoms with Crippen molar-refractivity contribution in [3.8, 4) is 5.75 Å². The van der Waals surface area contributed by atoms with Gasteiger partial charge in [0.15, 0.2) is 5.11 Å². The Morgan fingerprint density at radius 2 is 2.04 bits per heavy atom. The van der Waals surface area contributed by atoms with Gasteiger partial charge in [0.05, 0.1) is 12.8 Å². The Hall–Kier alpha value is -2.11. The predicted molar refractivity (Wildman–Crippen MR) is 101 cm³/mol. The molecule has 0 bridgehead atoms. The Bertz CT molecular complexity index is 719. The molecule has 4 nitrogen and oxygen atoms in total. The smallest absolute Gasteiger partial charge is 0.191 e. The van der Waals surface area contributed by atoms with Crippen LogP contribution in [0.15, 0.2) is 47.6 Å². The third-order valence-corrected chi connectivity index (χ3v) is 3.71. The lowest BCUT2D eigenvalue weighted by atomic mass is 10.2. The number of rotatable bonds is 5. The summed E-state index contributed by atoms with van der Waals surface area (Å²) in [5.74, 6) is 0.783. The highest BCUT2D eigenvalue weighted by Crippen LogP contribution is 2.22. The summed E-state index contributed by atoms with van der Waals surface area (Å²) in [7, 11) is 0. The second-order valence-corrected chi connectivity index (χ2v) is 5.52. The molecule has 0 saturated heterocycles. The molecule has 0 fully saturated rings. The molecular weight excluding hydrogens is 330 g/mol. The normalized spacial score (nSPS) is 10.6. The van der Waals surface area contributed by atoms with Crippen molar-refractivity contribution in [3.05, 3.63) is 58.6 Å². The van der Waals surface area contributed by atoms with Gasteiger partial charge in [0, 0.05) is 16.3 Å². The SMILES string of the molecule is CCOc1ccccc1/C=N\NC(=S)Nc1cccc(Cl)c1C. The molecular formula is C17H18ClN3OS. The summed E-state index contributed by atoms with van der Waals surface area (Å²) in [5, 5.41) is 8.29. The van der Waals surface area contributed by atoms with Crippen LogP contribution in [0.5, 0.6) is 5.75 Å². The van der Waals surface area contributed by atoms with Crippen LogP contribution in [0.2, 0.25) is 5.02 Å². The molecule has 0 aliphatic carbocycles. The maximum absolute atomic E-state index is 6.08. The largest absolute Gasteiger partial charge is 0.493 e.